The Morgan fingerprint density at radius 2 is 1.20 bits per heavy atom. The van der Waals surface area contributed by atoms with Crippen LogP contribution in [0.25, 0.3) is 0 Å². The van der Waals surface area contributed by atoms with Crippen molar-refractivity contribution in [3.63, 3.8) is 0 Å². The van der Waals surface area contributed by atoms with Crippen LogP contribution in [0.3, 0.4) is 0 Å². The van der Waals surface area contributed by atoms with Crippen LogP contribution in [0.2, 0.25) is 0 Å². The van der Waals surface area contributed by atoms with Crippen molar-refractivity contribution < 1.29 is 28.7 Å². The minimum Gasteiger partial charge on any atom is -0.487 e. The topological polar surface area (TPSA) is 111 Å². The molecule has 0 saturated carbocycles. The Kier molecular flexibility index (Phi) is 9.04. The van der Waals surface area contributed by atoms with Crippen molar-refractivity contribution in [1.29, 1.82) is 0 Å². The van der Waals surface area contributed by atoms with E-state index < -0.39 is 29.5 Å². The Balaban J connectivity index is 1.82. The van der Waals surface area contributed by atoms with Gasteiger partial charge in [-0.25, -0.2) is 0 Å². The summed E-state index contributed by atoms with van der Waals surface area (Å²) in [6.07, 6.45) is 0. The first-order valence-electron chi connectivity index (χ1n) is 12.5. The molecule has 0 aromatic heterocycles. The first-order chi connectivity index (χ1) is 19.4. The van der Waals surface area contributed by atoms with Crippen molar-refractivity contribution in [2.24, 2.45) is 0 Å². The van der Waals surface area contributed by atoms with Gasteiger partial charge in [0, 0.05) is 22.9 Å². The van der Waals surface area contributed by atoms with Gasteiger partial charge in [0.1, 0.15) is 24.1 Å². The van der Waals surface area contributed by atoms with E-state index in [0.717, 1.165) is 5.56 Å². The van der Waals surface area contributed by atoms with Crippen LogP contribution in [0, 0.1) is 0 Å². The van der Waals surface area contributed by atoms with Gasteiger partial charge in [0.2, 0.25) is 0 Å². The largest absolute Gasteiger partial charge is 0.487 e. The molecule has 0 radical (unpaired) electrons. The summed E-state index contributed by atoms with van der Waals surface area (Å²) in [7, 11) is 1.18. The van der Waals surface area contributed by atoms with Gasteiger partial charge in [-0.1, -0.05) is 66.7 Å². The second-order valence-electron chi connectivity index (χ2n) is 8.92. The van der Waals surface area contributed by atoms with Crippen LogP contribution >= 0.6 is 0 Å². The van der Waals surface area contributed by atoms with Crippen molar-refractivity contribution >= 4 is 34.9 Å². The summed E-state index contributed by atoms with van der Waals surface area (Å²) in [5.41, 5.74) is 2.18. The molecule has 4 aromatic carbocycles. The van der Waals surface area contributed by atoms with Gasteiger partial charge in [-0.05, 0) is 48.4 Å². The smallest absolute Gasteiger partial charge is 0.320 e. The summed E-state index contributed by atoms with van der Waals surface area (Å²) in [6, 6.07) is 29.4. The number of esters is 1. The molecule has 0 bridgehead atoms. The molecule has 0 aliphatic carbocycles. The molecule has 202 valence electrons. The Bertz CT molecular complexity index is 1500. The van der Waals surface area contributed by atoms with Crippen LogP contribution in [-0.2, 0) is 20.9 Å². The van der Waals surface area contributed by atoms with E-state index >= 15 is 0 Å². The molecule has 4 aromatic rings. The number of carbonyl (C=O) groups excluding carboxylic acids is 4. The summed E-state index contributed by atoms with van der Waals surface area (Å²) in [5.74, 6) is -3.31. The van der Waals surface area contributed by atoms with E-state index in [0.29, 0.717) is 11.1 Å². The number of ketones is 1. The minimum absolute atomic E-state index is 0.152. The molecular weight excluding hydrogens is 508 g/mol. The predicted molar refractivity (Wildman–Crippen MR) is 151 cm³/mol. The van der Waals surface area contributed by atoms with Gasteiger partial charge in [0.25, 0.3) is 11.8 Å². The molecule has 4 rings (SSSR count). The molecule has 0 aliphatic rings. The molecule has 0 spiro atoms. The summed E-state index contributed by atoms with van der Waals surface area (Å²) < 4.78 is 11.0. The molecule has 8 heteroatoms. The van der Waals surface area contributed by atoms with Crippen molar-refractivity contribution in [3.05, 3.63) is 125 Å². The van der Waals surface area contributed by atoms with E-state index in [-0.39, 0.29) is 29.3 Å². The van der Waals surface area contributed by atoms with E-state index in [2.05, 4.69) is 10.6 Å². The first kappa shape index (κ1) is 27.8. The SMILES string of the molecule is COC(=O)C(C(C)=O)c1cc(NC(=O)c2ccccc2)c(OCc2ccccc2)cc1NC(=O)c1ccccc1. The molecule has 2 amide bonds. The van der Waals surface area contributed by atoms with E-state index in [1.807, 2.05) is 30.3 Å². The van der Waals surface area contributed by atoms with Crippen LogP contribution in [0.4, 0.5) is 11.4 Å². The highest BCUT2D eigenvalue weighted by Gasteiger charge is 2.31. The van der Waals surface area contributed by atoms with Crippen LogP contribution < -0.4 is 15.4 Å². The average Bonchev–Trinajstić information content (AvgIpc) is 2.98. The van der Waals surface area contributed by atoms with Gasteiger partial charge in [-0.2, -0.15) is 0 Å². The third-order valence-electron chi connectivity index (χ3n) is 6.11. The summed E-state index contributed by atoms with van der Waals surface area (Å²) in [4.78, 5) is 51.6. The standard InChI is InChI=1S/C32H28N2O6/c1-21(35)29(32(38)39-2)25-18-27(34-31(37)24-16-10-5-11-17-24)28(40-20-22-12-6-3-7-13-22)19-26(25)33-30(36)23-14-8-4-9-15-23/h3-19,29H,20H2,1-2H3,(H,33,36)(H,34,37). The number of Topliss-reactive ketones (excluding diaryl/α,β-unsaturated/α-hetero) is 1. The molecule has 0 fully saturated rings. The molecule has 8 nitrogen and oxygen atoms in total. The number of rotatable bonds is 10. The fraction of sp³-hybridized carbons (Fsp3) is 0.125. The van der Waals surface area contributed by atoms with Crippen molar-refractivity contribution in [2.75, 3.05) is 17.7 Å². The van der Waals surface area contributed by atoms with Gasteiger partial charge in [0.05, 0.1) is 12.8 Å². The zero-order valence-corrected chi connectivity index (χ0v) is 22.0. The highest BCUT2D eigenvalue weighted by Crippen LogP contribution is 2.37. The van der Waals surface area contributed by atoms with Gasteiger partial charge in [-0.15, -0.1) is 0 Å². The van der Waals surface area contributed by atoms with Crippen molar-refractivity contribution in [1.82, 2.24) is 0 Å². The molecule has 0 saturated heterocycles. The van der Waals surface area contributed by atoms with E-state index in [4.69, 9.17) is 9.47 Å². The van der Waals surface area contributed by atoms with Gasteiger partial charge in [0.15, 0.2) is 0 Å². The number of anilines is 2. The third kappa shape index (κ3) is 6.79. The van der Waals surface area contributed by atoms with E-state index in [9.17, 15) is 19.2 Å². The van der Waals surface area contributed by atoms with Crippen LogP contribution in [0.15, 0.2) is 103 Å². The minimum atomic E-state index is -1.35. The molecular formula is C32H28N2O6. The number of hydrogen-bond donors (Lipinski definition) is 2. The number of ether oxygens (including phenoxy) is 2. The van der Waals surface area contributed by atoms with Crippen molar-refractivity contribution in [2.45, 2.75) is 19.4 Å². The number of hydrogen-bond acceptors (Lipinski definition) is 6. The second-order valence-corrected chi connectivity index (χ2v) is 8.92. The summed E-state index contributed by atoms with van der Waals surface area (Å²) >= 11 is 0. The Labute approximate surface area is 231 Å². The zero-order valence-electron chi connectivity index (χ0n) is 22.0. The fourth-order valence-electron chi connectivity index (χ4n) is 4.09. The van der Waals surface area contributed by atoms with Crippen LogP contribution in [0.1, 0.15) is 44.7 Å². The van der Waals surface area contributed by atoms with Gasteiger partial charge in [-0.3, -0.25) is 19.2 Å². The monoisotopic (exact) mass is 536 g/mol. The maximum absolute atomic E-state index is 13.1. The summed E-state index contributed by atoms with van der Waals surface area (Å²) in [6.45, 7) is 1.42. The first-order valence-corrected chi connectivity index (χ1v) is 12.5. The fourth-order valence-corrected chi connectivity index (χ4v) is 4.09. The third-order valence-corrected chi connectivity index (χ3v) is 6.11. The molecule has 0 aliphatic heterocycles. The molecule has 1 unspecified atom stereocenters. The lowest BCUT2D eigenvalue weighted by Crippen LogP contribution is -2.24. The van der Waals surface area contributed by atoms with Crippen LogP contribution in [-0.4, -0.2) is 30.7 Å². The Morgan fingerprint density at radius 1 is 0.700 bits per heavy atom. The maximum atomic E-state index is 13.1. The van der Waals surface area contributed by atoms with E-state index in [1.165, 1.54) is 26.2 Å². The zero-order chi connectivity index (χ0) is 28.5. The molecule has 1 atom stereocenters. The predicted octanol–water partition coefficient (Wildman–Crippen LogP) is 5.62. The van der Waals surface area contributed by atoms with E-state index in [1.54, 1.807) is 60.7 Å². The number of benzene rings is 4. The van der Waals surface area contributed by atoms with Crippen molar-refractivity contribution in [3.8, 4) is 5.75 Å². The number of carbonyl (C=O) groups is 4. The molecule has 40 heavy (non-hydrogen) atoms. The maximum Gasteiger partial charge on any atom is 0.320 e. The van der Waals surface area contributed by atoms with Gasteiger partial charge < -0.3 is 20.1 Å². The number of methoxy groups -OCH3 is 1. The second kappa shape index (κ2) is 13.0. The highest BCUT2D eigenvalue weighted by atomic mass is 16.5. The molecule has 0 heterocycles. The normalized spacial score (nSPS) is 11.2. The average molecular weight is 537 g/mol. The van der Waals surface area contributed by atoms with Crippen LogP contribution in [0.5, 0.6) is 5.75 Å². The summed E-state index contributed by atoms with van der Waals surface area (Å²) in [5, 5.41) is 5.63. The Hall–Kier alpha value is -5.24. The van der Waals surface area contributed by atoms with Gasteiger partial charge >= 0.3 is 5.97 Å². The lowest BCUT2D eigenvalue weighted by Gasteiger charge is -2.21. The molecule has 2 N–H and O–H groups in total. The quantitative estimate of drug-likeness (QED) is 0.201. The lowest BCUT2D eigenvalue weighted by atomic mass is 9.92. The Morgan fingerprint density at radius 3 is 1.70 bits per heavy atom. The lowest BCUT2D eigenvalue weighted by molar-refractivity contribution is -0.145. The number of amides is 2. The highest BCUT2D eigenvalue weighted by molar-refractivity contribution is 6.10. The number of nitrogens with one attached hydrogen (secondary N) is 2.